The molecule has 0 aromatic heterocycles. The van der Waals surface area contributed by atoms with Crippen LogP contribution in [0.5, 0.6) is 5.75 Å². The molecule has 274 valence electrons. The van der Waals surface area contributed by atoms with Crippen molar-refractivity contribution in [3.05, 3.63) is 71.4 Å². The normalized spacial score (nSPS) is 28.5. The van der Waals surface area contributed by atoms with E-state index in [2.05, 4.69) is 16.0 Å². The summed E-state index contributed by atoms with van der Waals surface area (Å²) in [5.41, 5.74) is 1.61. The zero-order valence-electron chi connectivity index (χ0n) is 29.5. The van der Waals surface area contributed by atoms with Gasteiger partial charge in [0.25, 0.3) is 0 Å². The summed E-state index contributed by atoms with van der Waals surface area (Å²) >= 11 is 1.24. The Bertz CT molecular complexity index is 1660. The fraction of sp³-hybridized carbons (Fsp3) is 0.487. The number of carbonyl (C=O) groups excluding carboxylic acids is 4. The summed E-state index contributed by atoms with van der Waals surface area (Å²) in [6.07, 6.45) is 18.1. The van der Waals surface area contributed by atoms with Crippen LogP contribution in [0.2, 0.25) is 0 Å². The molecule has 12 heteroatoms. The van der Waals surface area contributed by atoms with Crippen molar-refractivity contribution in [1.82, 2.24) is 5.32 Å². The van der Waals surface area contributed by atoms with E-state index in [9.17, 15) is 29.4 Å². The zero-order chi connectivity index (χ0) is 36.5. The molecule has 2 bridgehead atoms. The molecule has 51 heavy (non-hydrogen) atoms. The van der Waals surface area contributed by atoms with Crippen LogP contribution in [-0.4, -0.2) is 70.6 Å². The third-order valence-electron chi connectivity index (χ3n) is 9.84. The van der Waals surface area contributed by atoms with E-state index in [-0.39, 0.29) is 41.3 Å². The van der Waals surface area contributed by atoms with Gasteiger partial charge in [0, 0.05) is 25.0 Å². The van der Waals surface area contributed by atoms with E-state index in [1.165, 1.54) is 18.9 Å². The predicted octanol–water partition coefficient (Wildman–Crippen LogP) is 5.79. The SMILES string of the molecule is CO[C@@H]1/C=C/C=C/C=C\C[C@H](OC(=O)C2(NC(=O)C3=CCCCC3)CC2)[C@H](C)[C@H](O)/C(C)=C/CCc2cc3c(c(c2O)NC(=O)C1)SCC(=O)N3. The van der Waals surface area contributed by atoms with Gasteiger partial charge in [-0.05, 0) is 75.5 Å². The number of amides is 3. The first-order chi connectivity index (χ1) is 24.5. The number of nitrogens with one attached hydrogen (secondary N) is 3. The fourth-order valence-corrected chi connectivity index (χ4v) is 7.36. The van der Waals surface area contributed by atoms with Gasteiger partial charge in [-0.3, -0.25) is 14.4 Å². The Hall–Kier alpha value is -4.13. The van der Waals surface area contributed by atoms with Gasteiger partial charge in [-0.1, -0.05) is 55.5 Å². The van der Waals surface area contributed by atoms with Gasteiger partial charge in [-0.2, -0.15) is 0 Å². The number of thioether (sulfide) groups is 1. The second-order valence-electron chi connectivity index (χ2n) is 13.7. The molecule has 4 atom stereocenters. The summed E-state index contributed by atoms with van der Waals surface area (Å²) in [5.74, 6) is -1.66. The number of esters is 1. The van der Waals surface area contributed by atoms with E-state index in [0.29, 0.717) is 60.2 Å². The number of aliphatic hydroxyl groups is 1. The van der Waals surface area contributed by atoms with Crippen LogP contribution < -0.4 is 16.0 Å². The zero-order valence-corrected chi connectivity index (χ0v) is 30.4. The first-order valence-corrected chi connectivity index (χ1v) is 18.7. The molecule has 1 aromatic rings. The number of phenols is 1. The van der Waals surface area contributed by atoms with Crippen LogP contribution in [0.3, 0.4) is 0 Å². The molecule has 0 radical (unpaired) electrons. The highest BCUT2D eigenvalue weighted by atomic mass is 32.2. The molecular weight excluding hydrogens is 671 g/mol. The maximum atomic E-state index is 13.6. The topological polar surface area (TPSA) is 163 Å². The number of methoxy groups -OCH3 is 1. The number of fused-ring (bicyclic) bond motifs is 4. The number of phenolic OH excluding ortho intramolecular Hbond substituents is 1. The highest BCUT2D eigenvalue weighted by Gasteiger charge is 2.54. The molecule has 4 aliphatic rings. The average molecular weight is 720 g/mol. The van der Waals surface area contributed by atoms with Crippen molar-refractivity contribution in [2.75, 3.05) is 23.5 Å². The van der Waals surface area contributed by atoms with Gasteiger partial charge in [-0.15, -0.1) is 11.8 Å². The van der Waals surface area contributed by atoms with Gasteiger partial charge in [0.2, 0.25) is 17.7 Å². The minimum absolute atomic E-state index is 0.00352. The van der Waals surface area contributed by atoms with Gasteiger partial charge in [0.15, 0.2) is 0 Å². The van der Waals surface area contributed by atoms with Gasteiger partial charge in [-0.25, -0.2) is 4.79 Å². The van der Waals surface area contributed by atoms with Crippen molar-refractivity contribution >= 4 is 46.8 Å². The van der Waals surface area contributed by atoms with Crippen LogP contribution in [-0.2, 0) is 35.1 Å². The summed E-state index contributed by atoms with van der Waals surface area (Å²) in [6, 6.07) is 1.72. The van der Waals surface area contributed by atoms with Crippen LogP contribution in [0, 0.1) is 5.92 Å². The maximum absolute atomic E-state index is 13.6. The van der Waals surface area contributed by atoms with E-state index < -0.39 is 35.7 Å². The largest absolute Gasteiger partial charge is 0.505 e. The Labute approximate surface area is 303 Å². The minimum Gasteiger partial charge on any atom is -0.505 e. The minimum atomic E-state index is -1.05. The highest BCUT2D eigenvalue weighted by molar-refractivity contribution is 8.00. The standard InChI is InChI=1S/C39H49N3O8S/c1-24-13-12-16-27-21-29-36(51-23-32(44)40-29)33(35(27)46)41-31(43)22-28(49-3)17-10-5-4-6-11-18-30(25(2)34(24)45)50-38(48)39(19-20-39)42-37(47)26-14-8-7-9-15-26/h4-6,10-11,13-14,17,21,25,28,30,34,45-46H,7-9,12,15-16,18-20,22-23H2,1-3H3,(H,40,44)(H,41,43)(H,42,47)/b5-4+,11-6-,17-10+,24-13+/t25-,28+,30-,34+/m0/s1. The molecular formula is C39H49N3O8S. The van der Waals surface area contributed by atoms with E-state index in [1.54, 1.807) is 30.4 Å². The molecule has 2 aliphatic heterocycles. The lowest BCUT2D eigenvalue weighted by Crippen LogP contribution is -2.47. The van der Waals surface area contributed by atoms with Crippen LogP contribution >= 0.6 is 11.8 Å². The number of carbonyl (C=O) groups is 4. The molecule has 3 amide bonds. The number of aryl methyl sites for hydroxylation is 1. The Kier molecular flexibility index (Phi) is 13.0. The third-order valence-corrected chi connectivity index (χ3v) is 11.0. The molecule has 2 heterocycles. The fourth-order valence-electron chi connectivity index (χ4n) is 6.46. The Morgan fingerprint density at radius 2 is 1.80 bits per heavy atom. The van der Waals surface area contributed by atoms with E-state index in [4.69, 9.17) is 9.47 Å². The number of ether oxygens (including phenoxy) is 2. The van der Waals surface area contributed by atoms with Crippen molar-refractivity contribution in [2.45, 2.75) is 107 Å². The summed E-state index contributed by atoms with van der Waals surface area (Å²) < 4.78 is 11.6. The number of hydrogen-bond donors (Lipinski definition) is 5. The number of anilines is 2. The van der Waals surface area contributed by atoms with Crippen LogP contribution in [0.1, 0.15) is 77.2 Å². The van der Waals surface area contributed by atoms with Crippen molar-refractivity contribution < 1.29 is 38.9 Å². The number of hydrogen-bond acceptors (Lipinski definition) is 9. The smallest absolute Gasteiger partial charge is 0.332 e. The number of aliphatic hydroxyl groups excluding tert-OH is 1. The number of benzene rings is 1. The quantitative estimate of drug-likeness (QED) is 0.110. The molecule has 5 N–H and O–H groups in total. The lowest BCUT2D eigenvalue weighted by atomic mass is 9.90. The second-order valence-corrected chi connectivity index (χ2v) is 14.7. The third kappa shape index (κ3) is 9.81. The lowest BCUT2D eigenvalue weighted by Gasteiger charge is -2.30. The first-order valence-electron chi connectivity index (χ1n) is 17.7. The summed E-state index contributed by atoms with van der Waals surface area (Å²) in [6.45, 7) is 3.64. The molecule has 1 saturated carbocycles. The van der Waals surface area contributed by atoms with Crippen molar-refractivity contribution in [1.29, 1.82) is 0 Å². The van der Waals surface area contributed by atoms with Crippen LogP contribution in [0.25, 0.3) is 0 Å². The summed E-state index contributed by atoms with van der Waals surface area (Å²) in [4.78, 5) is 52.5. The highest BCUT2D eigenvalue weighted by Crippen LogP contribution is 2.45. The number of aromatic hydroxyl groups is 1. The van der Waals surface area contributed by atoms with Crippen LogP contribution in [0.15, 0.2) is 70.7 Å². The van der Waals surface area contributed by atoms with E-state index in [1.807, 2.05) is 38.2 Å². The van der Waals surface area contributed by atoms with Crippen molar-refractivity contribution in [2.24, 2.45) is 5.92 Å². The molecule has 5 rings (SSSR count). The maximum Gasteiger partial charge on any atom is 0.332 e. The van der Waals surface area contributed by atoms with Crippen LogP contribution in [0.4, 0.5) is 11.4 Å². The molecule has 11 nitrogen and oxygen atoms in total. The Morgan fingerprint density at radius 1 is 1.02 bits per heavy atom. The molecule has 0 saturated heterocycles. The Balaban J connectivity index is 1.38. The molecule has 2 aliphatic carbocycles. The first kappa shape index (κ1) is 38.1. The van der Waals surface area contributed by atoms with E-state index in [0.717, 1.165) is 24.8 Å². The molecule has 1 fully saturated rings. The number of rotatable bonds is 5. The lowest BCUT2D eigenvalue weighted by molar-refractivity contribution is -0.158. The monoisotopic (exact) mass is 719 g/mol. The number of allylic oxidation sites excluding steroid dienone is 6. The predicted molar refractivity (Wildman–Crippen MR) is 197 cm³/mol. The molecule has 0 unspecified atom stereocenters. The van der Waals surface area contributed by atoms with Gasteiger partial charge < -0.3 is 35.6 Å². The van der Waals surface area contributed by atoms with Crippen molar-refractivity contribution in [3.63, 3.8) is 0 Å². The van der Waals surface area contributed by atoms with Gasteiger partial charge in [0.05, 0.1) is 40.7 Å². The van der Waals surface area contributed by atoms with Gasteiger partial charge in [0.1, 0.15) is 17.4 Å². The Morgan fingerprint density at radius 3 is 2.53 bits per heavy atom. The molecule has 1 aromatic carbocycles. The van der Waals surface area contributed by atoms with Gasteiger partial charge >= 0.3 is 5.97 Å². The average Bonchev–Trinajstić information content (AvgIpc) is 3.91. The molecule has 0 spiro atoms. The summed E-state index contributed by atoms with van der Waals surface area (Å²) in [5, 5.41) is 31.4. The summed E-state index contributed by atoms with van der Waals surface area (Å²) in [7, 11) is 1.51. The van der Waals surface area contributed by atoms with E-state index >= 15 is 0 Å². The second kappa shape index (κ2) is 17.4. The van der Waals surface area contributed by atoms with Crippen molar-refractivity contribution in [3.8, 4) is 5.75 Å².